The average molecular weight is 518 g/mol. The van der Waals surface area contributed by atoms with Gasteiger partial charge in [-0.3, -0.25) is 0 Å². The van der Waals surface area contributed by atoms with Crippen LogP contribution in [0.5, 0.6) is 0 Å². The molecule has 0 fully saturated rings. The highest BCUT2D eigenvalue weighted by Gasteiger charge is 2.18. The zero-order chi connectivity index (χ0) is 36.0. The second-order valence-electron chi connectivity index (χ2n) is 9.62. The van der Waals surface area contributed by atoms with Crippen molar-refractivity contribution in [3.05, 3.63) is 157 Å². The number of hydrogen-bond acceptors (Lipinski definition) is 0. The Hall–Kier alpha value is -5.20. The van der Waals surface area contributed by atoms with Gasteiger partial charge < -0.3 is 0 Å². The molecule has 8 aromatic carbocycles. The Labute approximate surface area is 249 Å². The van der Waals surface area contributed by atoms with Crippen molar-refractivity contribution in [2.24, 2.45) is 0 Å². The van der Waals surface area contributed by atoms with Crippen LogP contribution in [-0.4, -0.2) is 0 Å². The fourth-order valence-corrected chi connectivity index (χ4v) is 5.73. The molecular formula is C40H26. The fraction of sp³-hybridized carbons (Fsp3) is 0. The minimum atomic E-state index is -0.639. The van der Waals surface area contributed by atoms with Crippen molar-refractivity contribution in [3.8, 4) is 33.4 Å². The summed E-state index contributed by atoms with van der Waals surface area (Å²) in [6.07, 6.45) is 0. The summed E-state index contributed by atoms with van der Waals surface area (Å²) >= 11 is 0. The molecule has 0 aliphatic heterocycles. The molecule has 0 atom stereocenters. The van der Waals surface area contributed by atoms with Crippen LogP contribution in [0.3, 0.4) is 0 Å². The van der Waals surface area contributed by atoms with Crippen LogP contribution in [0.2, 0.25) is 0 Å². The first-order chi connectivity index (χ1) is 24.5. The van der Waals surface area contributed by atoms with Gasteiger partial charge in [-0.15, -0.1) is 0 Å². The highest BCUT2D eigenvalue weighted by atomic mass is 14.2. The van der Waals surface area contributed by atoms with E-state index in [1.807, 2.05) is 66.7 Å². The summed E-state index contributed by atoms with van der Waals surface area (Å²) in [5.74, 6) is 0. The molecule has 0 aliphatic carbocycles. The predicted molar refractivity (Wildman–Crippen MR) is 173 cm³/mol. The molecule has 40 heavy (non-hydrogen) atoms. The lowest BCUT2D eigenvalue weighted by atomic mass is 9.84. The standard InChI is InChI=1S/C40H26/c1-3-18-31-27(12-1)14-10-24-33(31)29-16-9-17-30(26-29)39-35-20-5-7-22-37(35)40(38-23-8-6-21-36(38)39)34-25-11-15-28-13-2-4-19-32(28)34/h1-26H/i1D,3D,9D,10D,12D,14D,16D,17D,18D,24D,26D. The number of hydrogen-bond donors (Lipinski definition) is 0. The van der Waals surface area contributed by atoms with E-state index in [2.05, 4.69) is 24.3 Å². The Balaban J connectivity index is 1.57. The van der Waals surface area contributed by atoms with Crippen LogP contribution < -0.4 is 0 Å². The van der Waals surface area contributed by atoms with Crippen molar-refractivity contribution in [3.63, 3.8) is 0 Å². The summed E-state index contributed by atoms with van der Waals surface area (Å²) < 4.78 is 97.0. The van der Waals surface area contributed by atoms with E-state index in [0.29, 0.717) is 16.3 Å². The minimum Gasteiger partial charge on any atom is -0.0616 e. The van der Waals surface area contributed by atoms with Gasteiger partial charge in [-0.1, -0.05) is 151 Å². The van der Waals surface area contributed by atoms with Gasteiger partial charge in [0.25, 0.3) is 0 Å². The normalized spacial score (nSPS) is 15.3. The molecule has 0 bridgehead atoms. The van der Waals surface area contributed by atoms with Gasteiger partial charge in [0.15, 0.2) is 0 Å². The quantitative estimate of drug-likeness (QED) is 0.204. The van der Waals surface area contributed by atoms with Crippen LogP contribution in [-0.2, 0) is 0 Å². The molecule has 0 N–H and O–H groups in total. The molecule has 0 saturated heterocycles. The van der Waals surface area contributed by atoms with Gasteiger partial charge in [0.2, 0.25) is 0 Å². The Bertz CT molecular complexity index is 2750. The average Bonchev–Trinajstić information content (AvgIpc) is 3.14. The first-order valence-electron chi connectivity index (χ1n) is 18.5. The molecule has 0 amide bonds. The predicted octanol–water partition coefficient (Wildman–Crippen LogP) is 11.3. The Morgan fingerprint density at radius 2 is 0.925 bits per heavy atom. The molecule has 0 saturated carbocycles. The summed E-state index contributed by atoms with van der Waals surface area (Å²) in [6.45, 7) is 0. The monoisotopic (exact) mass is 517 g/mol. The van der Waals surface area contributed by atoms with E-state index in [4.69, 9.17) is 12.3 Å². The zero-order valence-electron chi connectivity index (χ0n) is 32.2. The molecule has 0 spiro atoms. The highest BCUT2D eigenvalue weighted by molar-refractivity contribution is 6.23. The third-order valence-electron chi connectivity index (χ3n) is 7.43. The topological polar surface area (TPSA) is 0 Å². The van der Waals surface area contributed by atoms with E-state index in [0.717, 1.165) is 32.7 Å². The van der Waals surface area contributed by atoms with Crippen LogP contribution in [0, 0.1) is 0 Å². The van der Waals surface area contributed by atoms with Crippen molar-refractivity contribution >= 4 is 43.1 Å². The van der Waals surface area contributed by atoms with Gasteiger partial charge in [0.1, 0.15) is 0 Å². The molecule has 0 aliphatic rings. The van der Waals surface area contributed by atoms with E-state index < -0.39 is 60.4 Å². The first kappa shape index (κ1) is 14.3. The van der Waals surface area contributed by atoms with Crippen molar-refractivity contribution in [1.29, 1.82) is 0 Å². The summed E-state index contributed by atoms with van der Waals surface area (Å²) in [6, 6.07) is 23.3. The van der Waals surface area contributed by atoms with Gasteiger partial charge in [-0.2, -0.15) is 0 Å². The van der Waals surface area contributed by atoms with E-state index in [9.17, 15) is 2.74 Å². The van der Waals surface area contributed by atoms with E-state index in [1.165, 1.54) is 0 Å². The maximum absolute atomic E-state index is 9.69. The third kappa shape index (κ3) is 3.54. The molecular weight excluding hydrogens is 480 g/mol. The van der Waals surface area contributed by atoms with Crippen LogP contribution in [0.15, 0.2) is 157 Å². The van der Waals surface area contributed by atoms with Gasteiger partial charge in [-0.05, 0) is 82.5 Å². The lowest BCUT2D eigenvalue weighted by Crippen LogP contribution is -1.92. The van der Waals surface area contributed by atoms with E-state index in [1.54, 1.807) is 0 Å². The second kappa shape index (κ2) is 9.22. The van der Waals surface area contributed by atoms with Crippen LogP contribution in [0.1, 0.15) is 15.1 Å². The van der Waals surface area contributed by atoms with E-state index >= 15 is 0 Å². The van der Waals surface area contributed by atoms with E-state index in [-0.39, 0.29) is 33.5 Å². The molecule has 0 nitrogen and oxygen atoms in total. The fourth-order valence-electron chi connectivity index (χ4n) is 5.73. The third-order valence-corrected chi connectivity index (χ3v) is 7.43. The van der Waals surface area contributed by atoms with Crippen molar-refractivity contribution in [2.75, 3.05) is 0 Å². The smallest absolute Gasteiger partial charge is 0.0616 e. The van der Waals surface area contributed by atoms with Crippen LogP contribution in [0.25, 0.3) is 76.5 Å². The van der Waals surface area contributed by atoms with Gasteiger partial charge in [0, 0.05) is 0 Å². The molecule has 186 valence electrons. The molecule has 0 heterocycles. The maximum atomic E-state index is 9.69. The van der Waals surface area contributed by atoms with Crippen LogP contribution in [0.4, 0.5) is 0 Å². The molecule has 8 aromatic rings. The van der Waals surface area contributed by atoms with Crippen LogP contribution >= 0.6 is 0 Å². The van der Waals surface area contributed by atoms with Gasteiger partial charge in [0.05, 0.1) is 15.1 Å². The second-order valence-corrected chi connectivity index (χ2v) is 9.62. The number of benzene rings is 8. The molecule has 0 radical (unpaired) electrons. The Morgan fingerprint density at radius 3 is 1.70 bits per heavy atom. The summed E-state index contributed by atoms with van der Waals surface area (Å²) in [5.41, 5.74) is 1.79. The summed E-state index contributed by atoms with van der Waals surface area (Å²) in [4.78, 5) is 0. The molecule has 0 unspecified atom stereocenters. The molecule has 8 rings (SSSR count). The SMILES string of the molecule is [2H]c1c([2H])c(-c2c3ccccc3c(-c3cccc4ccccc34)c3ccccc23)c([2H])c(-c2c([2H])c([2H])c([2H])c3c([2H])c([2H])c([2H])c([2H])c23)c1[2H]. The Kier molecular flexibility index (Phi) is 3.29. The molecule has 0 aromatic heterocycles. The number of fused-ring (bicyclic) bond motifs is 4. The largest absolute Gasteiger partial charge is 0.0636 e. The minimum absolute atomic E-state index is 0.0118. The lowest BCUT2D eigenvalue weighted by molar-refractivity contribution is 1.63. The van der Waals surface area contributed by atoms with Crippen molar-refractivity contribution in [2.45, 2.75) is 0 Å². The summed E-state index contributed by atoms with van der Waals surface area (Å²) in [5, 5.41) is 4.55. The van der Waals surface area contributed by atoms with Gasteiger partial charge >= 0.3 is 0 Å². The van der Waals surface area contributed by atoms with Crippen molar-refractivity contribution in [1.82, 2.24) is 0 Å². The zero-order valence-corrected chi connectivity index (χ0v) is 21.2. The summed E-state index contributed by atoms with van der Waals surface area (Å²) in [7, 11) is 0. The van der Waals surface area contributed by atoms with Gasteiger partial charge in [-0.25, -0.2) is 0 Å². The first-order valence-corrected chi connectivity index (χ1v) is 13.0. The molecule has 0 heteroatoms. The highest BCUT2D eigenvalue weighted by Crippen LogP contribution is 2.45. The van der Waals surface area contributed by atoms with Crippen molar-refractivity contribution < 1.29 is 15.1 Å². The number of rotatable bonds is 3. The Morgan fingerprint density at radius 1 is 0.350 bits per heavy atom. The maximum Gasteiger partial charge on any atom is 0.0636 e. The lowest BCUT2D eigenvalue weighted by Gasteiger charge is -2.19.